The summed E-state index contributed by atoms with van der Waals surface area (Å²) in [6, 6.07) is 6.53. The molecule has 0 radical (unpaired) electrons. The monoisotopic (exact) mass is 231 g/mol. The van der Waals surface area contributed by atoms with E-state index in [2.05, 4.69) is 23.1 Å². The first-order chi connectivity index (χ1) is 8.36. The number of fused-ring (bicyclic) bond motifs is 1. The highest BCUT2D eigenvalue weighted by Crippen LogP contribution is 2.38. The summed E-state index contributed by atoms with van der Waals surface area (Å²) in [5.74, 6) is 1.75. The van der Waals surface area contributed by atoms with Crippen LogP contribution in [0.15, 0.2) is 18.2 Å². The van der Waals surface area contributed by atoms with E-state index < -0.39 is 0 Å². The van der Waals surface area contributed by atoms with Gasteiger partial charge in [-0.25, -0.2) is 0 Å². The molecule has 1 aromatic rings. The van der Waals surface area contributed by atoms with E-state index in [1.807, 2.05) is 0 Å². The summed E-state index contributed by atoms with van der Waals surface area (Å²) in [5, 5.41) is 0. The minimum absolute atomic E-state index is 0.748. The normalized spacial score (nSPS) is 23.9. The van der Waals surface area contributed by atoms with Crippen molar-refractivity contribution in [1.82, 2.24) is 4.90 Å². The highest BCUT2D eigenvalue weighted by Gasteiger charge is 2.28. The molecule has 0 amide bonds. The zero-order chi connectivity index (χ0) is 11.7. The first-order valence-electron chi connectivity index (χ1n) is 6.76. The second kappa shape index (κ2) is 4.69. The van der Waals surface area contributed by atoms with Crippen LogP contribution >= 0.6 is 0 Å². The number of benzene rings is 1. The number of rotatable bonds is 3. The Morgan fingerprint density at radius 2 is 2.06 bits per heavy atom. The Bertz CT molecular complexity index is 396. The summed E-state index contributed by atoms with van der Waals surface area (Å²) in [7, 11) is 1.75. The van der Waals surface area contributed by atoms with E-state index in [-0.39, 0.29) is 0 Å². The van der Waals surface area contributed by atoms with E-state index in [4.69, 9.17) is 4.74 Å². The summed E-state index contributed by atoms with van der Waals surface area (Å²) < 4.78 is 5.31. The van der Waals surface area contributed by atoms with Gasteiger partial charge in [0.2, 0.25) is 0 Å². The van der Waals surface area contributed by atoms with E-state index >= 15 is 0 Å². The minimum Gasteiger partial charge on any atom is -0.497 e. The maximum absolute atomic E-state index is 5.31. The maximum Gasteiger partial charge on any atom is 0.119 e. The SMILES string of the molecule is COc1ccc2c(c1)C(CN1CCCCC1)C2. The number of methoxy groups -OCH3 is 1. The van der Waals surface area contributed by atoms with Crippen molar-refractivity contribution >= 4 is 0 Å². The molecule has 92 valence electrons. The largest absolute Gasteiger partial charge is 0.497 e. The molecule has 1 aromatic carbocycles. The van der Waals surface area contributed by atoms with Gasteiger partial charge in [0.05, 0.1) is 7.11 Å². The van der Waals surface area contributed by atoms with E-state index in [0.717, 1.165) is 11.7 Å². The second-order valence-corrected chi connectivity index (χ2v) is 5.33. The Kier molecular flexibility index (Phi) is 3.06. The van der Waals surface area contributed by atoms with Crippen LogP contribution in [-0.2, 0) is 6.42 Å². The minimum atomic E-state index is 0.748. The Hall–Kier alpha value is -1.02. The standard InChI is InChI=1S/C15H21NO/c1-17-14-6-5-12-9-13(15(12)10-14)11-16-7-3-2-4-8-16/h5-6,10,13H,2-4,7-9,11H2,1H3. The molecule has 0 aromatic heterocycles. The van der Waals surface area contributed by atoms with E-state index in [1.54, 1.807) is 7.11 Å². The van der Waals surface area contributed by atoms with E-state index in [9.17, 15) is 0 Å². The highest BCUT2D eigenvalue weighted by atomic mass is 16.5. The highest BCUT2D eigenvalue weighted by molar-refractivity contribution is 5.45. The lowest BCUT2D eigenvalue weighted by molar-refractivity contribution is 0.209. The fraction of sp³-hybridized carbons (Fsp3) is 0.600. The lowest BCUT2D eigenvalue weighted by atomic mass is 9.77. The van der Waals surface area contributed by atoms with Gasteiger partial charge in [0.1, 0.15) is 5.75 Å². The van der Waals surface area contributed by atoms with Gasteiger partial charge in [-0.05, 0) is 55.6 Å². The van der Waals surface area contributed by atoms with Gasteiger partial charge in [-0.2, -0.15) is 0 Å². The fourth-order valence-corrected chi connectivity index (χ4v) is 3.13. The van der Waals surface area contributed by atoms with Crippen molar-refractivity contribution in [3.8, 4) is 5.75 Å². The number of hydrogen-bond donors (Lipinski definition) is 0. The average molecular weight is 231 g/mol. The van der Waals surface area contributed by atoms with Gasteiger partial charge >= 0.3 is 0 Å². The van der Waals surface area contributed by atoms with Crippen molar-refractivity contribution in [2.45, 2.75) is 31.6 Å². The fourth-order valence-electron chi connectivity index (χ4n) is 3.13. The van der Waals surface area contributed by atoms with Crippen LogP contribution in [-0.4, -0.2) is 31.6 Å². The van der Waals surface area contributed by atoms with Gasteiger partial charge in [0, 0.05) is 12.5 Å². The molecule has 1 atom stereocenters. The Morgan fingerprint density at radius 1 is 1.24 bits per heavy atom. The zero-order valence-electron chi connectivity index (χ0n) is 10.6. The molecule has 0 saturated carbocycles. The molecule has 1 heterocycles. The van der Waals surface area contributed by atoms with E-state index in [1.165, 1.54) is 56.4 Å². The van der Waals surface area contributed by atoms with Gasteiger partial charge in [0.15, 0.2) is 0 Å². The molecule has 1 aliphatic carbocycles. The van der Waals surface area contributed by atoms with Gasteiger partial charge < -0.3 is 9.64 Å². The molecule has 2 heteroatoms. The van der Waals surface area contributed by atoms with Crippen LogP contribution in [0.25, 0.3) is 0 Å². The van der Waals surface area contributed by atoms with Crippen molar-refractivity contribution in [3.63, 3.8) is 0 Å². The van der Waals surface area contributed by atoms with Crippen LogP contribution in [0.1, 0.15) is 36.3 Å². The van der Waals surface area contributed by atoms with Gasteiger partial charge in [-0.15, -0.1) is 0 Å². The Labute approximate surface area is 104 Å². The van der Waals surface area contributed by atoms with Crippen LogP contribution < -0.4 is 4.74 Å². The molecule has 1 fully saturated rings. The van der Waals surface area contributed by atoms with Crippen LogP contribution in [0, 0.1) is 0 Å². The predicted molar refractivity (Wildman–Crippen MR) is 69.7 cm³/mol. The maximum atomic E-state index is 5.31. The first kappa shape index (κ1) is 11.1. The molecule has 1 aliphatic heterocycles. The van der Waals surface area contributed by atoms with Crippen molar-refractivity contribution in [3.05, 3.63) is 29.3 Å². The third-order valence-electron chi connectivity index (χ3n) is 4.19. The number of piperidine rings is 1. The number of hydrogen-bond acceptors (Lipinski definition) is 2. The van der Waals surface area contributed by atoms with Crippen molar-refractivity contribution < 1.29 is 4.74 Å². The Balaban J connectivity index is 1.66. The molecule has 2 nitrogen and oxygen atoms in total. The summed E-state index contributed by atoms with van der Waals surface area (Å²) in [6.45, 7) is 3.85. The quantitative estimate of drug-likeness (QED) is 0.793. The van der Waals surface area contributed by atoms with Crippen molar-refractivity contribution in [1.29, 1.82) is 0 Å². The molecular weight excluding hydrogens is 210 g/mol. The molecule has 1 saturated heterocycles. The average Bonchev–Trinajstić information content (AvgIpc) is 2.37. The molecule has 0 N–H and O–H groups in total. The topological polar surface area (TPSA) is 12.5 Å². The smallest absolute Gasteiger partial charge is 0.119 e. The summed E-state index contributed by atoms with van der Waals surface area (Å²) in [4.78, 5) is 2.64. The molecular formula is C15H21NO. The third kappa shape index (κ3) is 2.19. The van der Waals surface area contributed by atoms with Crippen LogP contribution in [0.4, 0.5) is 0 Å². The lowest BCUT2D eigenvalue weighted by Crippen LogP contribution is -2.36. The molecule has 0 bridgehead atoms. The summed E-state index contributed by atoms with van der Waals surface area (Å²) >= 11 is 0. The van der Waals surface area contributed by atoms with Gasteiger partial charge in [0.25, 0.3) is 0 Å². The van der Waals surface area contributed by atoms with Gasteiger partial charge in [-0.1, -0.05) is 12.5 Å². The summed E-state index contributed by atoms with van der Waals surface area (Å²) in [5.41, 5.74) is 3.04. The van der Waals surface area contributed by atoms with Gasteiger partial charge in [-0.3, -0.25) is 0 Å². The predicted octanol–water partition coefficient (Wildman–Crippen LogP) is 2.82. The van der Waals surface area contributed by atoms with Crippen LogP contribution in [0.2, 0.25) is 0 Å². The number of likely N-dealkylation sites (tertiary alicyclic amines) is 1. The van der Waals surface area contributed by atoms with Crippen LogP contribution in [0.5, 0.6) is 5.75 Å². The number of nitrogens with zero attached hydrogens (tertiary/aromatic N) is 1. The second-order valence-electron chi connectivity index (χ2n) is 5.33. The molecule has 2 aliphatic rings. The van der Waals surface area contributed by atoms with Crippen molar-refractivity contribution in [2.75, 3.05) is 26.7 Å². The van der Waals surface area contributed by atoms with Crippen molar-refractivity contribution in [2.24, 2.45) is 0 Å². The lowest BCUT2D eigenvalue weighted by Gasteiger charge is -2.36. The molecule has 1 unspecified atom stereocenters. The molecule has 0 spiro atoms. The van der Waals surface area contributed by atoms with Crippen LogP contribution in [0.3, 0.4) is 0 Å². The third-order valence-corrected chi connectivity index (χ3v) is 4.19. The first-order valence-corrected chi connectivity index (χ1v) is 6.76. The Morgan fingerprint density at radius 3 is 2.82 bits per heavy atom. The molecule has 3 rings (SSSR count). The molecule has 17 heavy (non-hydrogen) atoms. The summed E-state index contributed by atoms with van der Waals surface area (Å²) in [6.07, 6.45) is 5.46. The zero-order valence-corrected chi connectivity index (χ0v) is 10.6. The van der Waals surface area contributed by atoms with E-state index in [0.29, 0.717) is 0 Å². The number of ether oxygens (including phenoxy) is 1.